The van der Waals surface area contributed by atoms with Crippen molar-refractivity contribution in [3.63, 3.8) is 0 Å². The molecule has 0 amide bonds. The molecule has 0 radical (unpaired) electrons. The first-order valence-corrected chi connectivity index (χ1v) is 7.27. The van der Waals surface area contributed by atoms with Crippen molar-refractivity contribution in [3.05, 3.63) is 53.0 Å². The van der Waals surface area contributed by atoms with Crippen LogP contribution >= 0.6 is 15.9 Å². The van der Waals surface area contributed by atoms with Gasteiger partial charge in [-0.25, -0.2) is 4.98 Å². The number of nitrogens with zero attached hydrogens (tertiary/aromatic N) is 5. The van der Waals surface area contributed by atoms with E-state index in [2.05, 4.69) is 40.4 Å². The minimum absolute atomic E-state index is 0.404. The lowest BCUT2D eigenvalue weighted by atomic mass is 9.99. The number of rotatable bonds is 2. The zero-order valence-corrected chi connectivity index (χ0v) is 12.2. The van der Waals surface area contributed by atoms with E-state index in [0.29, 0.717) is 5.92 Å². The number of pyridine rings is 2. The summed E-state index contributed by atoms with van der Waals surface area (Å²) in [6, 6.07) is 9.90. The van der Waals surface area contributed by atoms with Crippen LogP contribution in [-0.4, -0.2) is 32.7 Å². The van der Waals surface area contributed by atoms with E-state index in [1.54, 1.807) is 0 Å². The Bertz CT molecular complexity index is 763. The third-order valence-corrected chi connectivity index (χ3v) is 4.24. The van der Waals surface area contributed by atoms with E-state index in [4.69, 9.17) is 0 Å². The van der Waals surface area contributed by atoms with Crippen LogP contribution in [0.1, 0.15) is 11.7 Å². The van der Waals surface area contributed by atoms with Crippen molar-refractivity contribution < 1.29 is 0 Å². The molecule has 0 aliphatic carbocycles. The van der Waals surface area contributed by atoms with Crippen LogP contribution in [0.15, 0.2) is 47.2 Å². The standard InChI is InChI=1S/C14H12BrN5/c15-11-4-3-6-16-14(11)19-8-10(9-19)13-18-17-12-5-1-2-7-20(12)13/h1-7,10H,8-9H2. The van der Waals surface area contributed by atoms with Gasteiger partial charge in [-0.15, -0.1) is 10.2 Å². The highest BCUT2D eigenvalue weighted by Gasteiger charge is 2.33. The summed E-state index contributed by atoms with van der Waals surface area (Å²) in [6.07, 6.45) is 3.84. The van der Waals surface area contributed by atoms with Gasteiger partial charge in [-0.1, -0.05) is 6.07 Å². The number of anilines is 1. The van der Waals surface area contributed by atoms with Crippen LogP contribution in [0.3, 0.4) is 0 Å². The summed E-state index contributed by atoms with van der Waals surface area (Å²) >= 11 is 3.54. The highest BCUT2D eigenvalue weighted by molar-refractivity contribution is 9.10. The Hall–Kier alpha value is -1.95. The Morgan fingerprint density at radius 3 is 2.85 bits per heavy atom. The summed E-state index contributed by atoms with van der Waals surface area (Å²) in [5.74, 6) is 2.43. The molecule has 0 aromatic carbocycles. The quantitative estimate of drug-likeness (QED) is 0.724. The van der Waals surface area contributed by atoms with E-state index >= 15 is 0 Å². The molecular weight excluding hydrogens is 318 g/mol. The summed E-state index contributed by atoms with van der Waals surface area (Å²) in [6.45, 7) is 1.84. The summed E-state index contributed by atoms with van der Waals surface area (Å²) in [7, 11) is 0. The van der Waals surface area contributed by atoms with Crippen molar-refractivity contribution in [2.75, 3.05) is 18.0 Å². The van der Waals surface area contributed by atoms with Crippen molar-refractivity contribution in [1.29, 1.82) is 0 Å². The van der Waals surface area contributed by atoms with Gasteiger partial charge in [0.05, 0.1) is 10.4 Å². The average molecular weight is 330 g/mol. The van der Waals surface area contributed by atoms with Gasteiger partial charge in [0, 0.05) is 25.5 Å². The zero-order chi connectivity index (χ0) is 13.5. The van der Waals surface area contributed by atoms with Crippen molar-refractivity contribution in [1.82, 2.24) is 19.6 Å². The zero-order valence-electron chi connectivity index (χ0n) is 10.6. The predicted molar refractivity (Wildman–Crippen MR) is 79.9 cm³/mol. The number of hydrogen-bond acceptors (Lipinski definition) is 4. The van der Waals surface area contributed by atoms with Crippen LogP contribution in [0.5, 0.6) is 0 Å². The SMILES string of the molecule is Brc1cccnc1N1CC(c2nnc3ccccn23)C1. The van der Waals surface area contributed by atoms with Gasteiger partial charge in [-0.05, 0) is 40.2 Å². The molecular formula is C14H12BrN5. The third kappa shape index (κ3) is 1.79. The first-order valence-electron chi connectivity index (χ1n) is 6.48. The molecule has 0 unspecified atom stereocenters. The van der Waals surface area contributed by atoms with Gasteiger partial charge in [-0.3, -0.25) is 4.40 Å². The largest absolute Gasteiger partial charge is 0.354 e. The fourth-order valence-corrected chi connectivity index (χ4v) is 3.07. The molecule has 0 saturated carbocycles. The van der Waals surface area contributed by atoms with E-state index < -0.39 is 0 Å². The molecule has 3 aromatic rings. The van der Waals surface area contributed by atoms with E-state index in [1.807, 2.05) is 42.7 Å². The Labute approximate surface area is 124 Å². The van der Waals surface area contributed by atoms with Gasteiger partial charge >= 0.3 is 0 Å². The van der Waals surface area contributed by atoms with Gasteiger partial charge in [0.2, 0.25) is 0 Å². The van der Waals surface area contributed by atoms with Crippen LogP contribution in [-0.2, 0) is 0 Å². The molecule has 0 N–H and O–H groups in total. The van der Waals surface area contributed by atoms with E-state index in [9.17, 15) is 0 Å². The maximum absolute atomic E-state index is 4.41. The van der Waals surface area contributed by atoms with Crippen molar-refractivity contribution in [3.8, 4) is 0 Å². The maximum Gasteiger partial charge on any atom is 0.160 e. The van der Waals surface area contributed by atoms with Gasteiger partial charge in [0.25, 0.3) is 0 Å². The van der Waals surface area contributed by atoms with Crippen molar-refractivity contribution in [2.24, 2.45) is 0 Å². The number of halogens is 1. The molecule has 3 aromatic heterocycles. The van der Waals surface area contributed by atoms with E-state index in [1.165, 1.54) is 0 Å². The molecule has 1 fully saturated rings. The second-order valence-corrected chi connectivity index (χ2v) is 5.75. The van der Waals surface area contributed by atoms with E-state index in [-0.39, 0.29) is 0 Å². The molecule has 4 rings (SSSR count). The molecule has 0 spiro atoms. The fraction of sp³-hybridized carbons (Fsp3) is 0.214. The molecule has 6 heteroatoms. The number of hydrogen-bond donors (Lipinski definition) is 0. The van der Waals surface area contributed by atoms with Gasteiger partial charge in [-0.2, -0.15) is 0 Å². The first kappa shape index (κ1) is 11.8. The number of fused-ring (bicyclic) bond motifs is 1. The lowest BCUT2D eigenvalue weighted by molar-refractivity contribution is 0.492. The lowest BCUT2D eigenvalue weighted by Crippen LogP contribution is -2.46. The van der Waals surface area contributed by atoms with Crippen LogP contribution < -0.4 is 4.90 Å². The average Bonchev–Trinajstić information content (AvgIpc) is 2.83. The Balaban J connectivity index is 1.58. The Kier molecular flexibility index (Phi) is 2.70. The third-order valence-electron chi connectivity index (χ3n) is 3.63. The van der Waals surface area contributed by atoms with Gasteiger partial charge in [0.15, 0.2) is 5.65 Å². The second-order valence-electron chi connectivity index (χ2n) is 4.90. The smallest absolute Gasteiger partial charge is 0.160 e. The number of aromatic nitrogens is 4. The first-order chi connectivity index (χ1) is 9.83. The van der Waals surface area contributed by atoms with Crippen LogP contribution in [0.2, 0.25) is 0 Å². The van der Waals surface area contributed by atoms with Crippen LogP contribution in [0.25, 0.3) is 5.65 Å². The minimum Gasteiger partial charge on any atom is -0.354 e. The molecule has 100 valence electrons. The monoisotopic (exact) mass is 329 g/mol. The molecule has 4 heterocycles. The molecule has 1 saturated heterocycles. The normalized spacial score (nSPS) is 15.6. The summed E-state index contributed by atoms with van der Waals surface area (Å²) in [4.78, 5) is 6.66. The topological polar surface area (TPSA) is 46.3 Å². The maximum atomic E-state index is 4.41. The molecule has 1 aliphatic rings. The van der Waals surface area contributed by atoms with Crippen LogP contribution in [0, 0.1) is 0 Å². The highest BCUT2D eigenvalue weighted by atomic mass is 79.9. The van der Waals surface area contributed by atoms with Crippen molar-refractivity contribution >= 4 is 27.4 Å². The van der Waals surface area contributed by atoms with Gasteiger partial charge < -0.3 is 4.90 Å². The fourth-order valence-electron chi connectivity index (χ4n) is 2.56. The van der Waals surface area contributed by atoms with E-state index in [0.717, 1.165) is 34.9 Å². The second kappa shape index (κ2) is 4.56. The molecule has 1 aliphatic heterocycles. The molecule has 0 bridgehead atoms. The minimum atomic E-state index is 0.404. The Morgan fingerprint density at radius 2 is 2.00 bits per heavy atom. The summed E-state index contributed by atoms with van der Waals surface area (Å²) in [5, 5.41) is 8.53. The summed E-state index contributed by atoms with van der Waals surface area (Å²) in [5.41, 5.74) is 0.903. The van der Waals surface area contributed by atoms with Crippen molar-refractivity contribution in [2.45, 2.75) is 5.92 Å². The molecule has 5 nitrogen and oxygen atoms in total. The molecule has 20 heavy (non-hydrogen) atoms. The van der Waals surface area contributed by atoms with Gasteiger partial charge in [0.1, 0.15) is 11.6 Å². The lowest BCUT2D eigenvalue weighted by Gasteiger charge is -2.39. The predicted octanol–water partition coefficient (Wildman–Crippen LogP) is 2.49. The molecule has 0 atom stereocenters. The van der Waals surface area contributed by atoms with Crippen LogP contribution in [0.4, 0.5) is 5.82 Å². The highest BCUT2D eigenvalue weighted by Crippen LogP contribution is 2.33. The summed E-state index contributed by atoms with van der Waals surface area (Å²) < 4.78 is 3.10. The Morgan fingerprint density at radius 1 is 1.10 bits per heavy atom.